The van der Waals surface area contributed by atoms with Crippen LogP contribution in [0, 0.1) is 0 Å². The highest BCUT2D eigenvalue weighted by atomic mass is 16.5. The number of aliphatic hydroxyl groups excluding tert-OH is 1. The highest BCUT2D eigenvalue weighted by molar-refractivity contribution is 5.29. The lowest BCUT2D eigenvalue weighted by Crippen LogP contribution is -1.92. The number of methoxy groups -OCH3 is 1. The maximum absolute atomic E-state index is 9.33. The first-order valence-electron chi connectivity index (χ1n) is 3.72. The number of benzene rings is 1. The zero-order chi connectivity index (χ0) is 8.97. The molecule has 0 amide bonds. The van der Waals surface area contributed by atoms with Gasteiger partial charge in [-0.15, -0.1) is 6.58 Å². The molecule has 2 nitrogen and oxygen atoms in total. The van der Waals surface area contributed by atoms with Gasteiger partial charge < -0.3 is 9.84 Å². The molecule has 1 N–H and O–H groups in total. The molecule has 0 aliphatic heterocycles. The van der Waals surface area contributed by atoms with Gasteiger partial charge in [0, 0.05) is 0 Å². The second-order valence-corrected chi connectivity index (χ2v) is 2.45. The molecule has 1 rings (SSSR count). The Labute approximate surface area is 72.1 Å². The Kier molecular flexibility index (Phi) is 2.88. The molecule has 0 bridgehead atoms. The average Bonchev–Trinajstić information content (AvgIpc) is 2.17. The van der Waals surface area contributed by atoms with Crippen molar-refractivity contribution in [2.24, 2.45) is 0 Å². The first kappa shape index (κ1) is 8.81. The van der Waals surface area contributed by atoms with Gasteiger partial charge in [0.25, 0.3) is 0 Å². The summed E-state index contributed by atoms with van der Waals surface area (Å²) in [6, 6.07) is 7.24. The van der Waals surface area contributed by atoms with Crippen molar-refractivity contribution >= 4 is 0 Å². The van der Waals surface area contributed by atoms with Crippen LogP contribution in [-0.4, -0.2) is 12.2 Å². The van der Waals surface area contributed by atoms with E-state index in [1.165, 1.54) is 6.08 Å². The van der Waals surface area contributed by atoms with Crippen molar-refractivity contribution in [3.63, 3.8) is 0 Å². The normalized spacial score (nSPS) is 12.2. The fourth-order valence-corrected chi connectivity index (χ4v) is 0.937. The first-order valence-corrected chi connectivity index (χ1v) is 3.72. The molecule has 2 heteroatoms. The van der Waals surface area contributed by atoms with Gasteiger partial charge in [-0.05, 0) is 17.7 Å². The molecule has 0 radical (unpaired) electrons. The molecule has 1 aromatic carbocycles. The lowest BCUT2D eigenvalue weighted by Gasteiger charge is -2.05. The van der Waals surface area contributed by atoms with Gasteiger partial charge in [-0.3, -0.25) is 0 Å². The van der Waals surface area contributed by atoms with E-state index < -0.39 is 6.10 Å². The molecule has 0 aliphatic carbocycles. The highest BCUT2D eigenvalue weighted by Crippen LogP contribution is 2.17. The maximum Gasteiger partial charge on any atom is 0.118 e. The monoisotopic (exact) mass is 164 g/mol. The van der Waals surface area contributed by atoms with Crippen LogP contribution in [0.1, 0.15) is 11.7 Å². The van der Waals surface area contributed by atoms with Crippen LogP contribution in [0.15, 0.2) is 36.9 Å². The van der Waals surface area contributed by atoms with Gasteiger partial charge in [-0.1, -0.05) is 18.2 Å². The smallest absolute Gasteiger partial charge is 0.118 e. The van der Waals surface area contributed by atoms with Crippen molar-refractivity contribution in [3.8, 4) is 5.75 Å². The van der Waals surface area contributed by atoms with Gasteiger partial charge in [0.15, 0.2) is 0 Å². The second-order valence-electron chi connectivity index (χ2n) is 2.45. The highest BCUT2D eigenvalue weighted by Gasteiger charge is 2.01. The van der Waals surface area contributed by atoms with E-state index in [2.05, 4.69) is 6.58 Å². The van der Waals surface area contributed by atoms with Crippen LogP contribution in [0.4, 0.5) is 0 Å². The maximum atomic E-state index is 9.33. The molecule has 12 heavy (non-hydrogen) atoms. The minimum Gasteiger partial charge on any atom is -0.497 e. The molecule has 0 saturated heterocycles. The SMILES string of the molecule is C=C[C@@H](O)c1ccc(OC)cc1. The topological polar surface area (TPSA) is 29.5 Å². The molecule has 64 valence electrons. The van der Waals surface area contributed by atoms with Gasteiger partial charge in [-0.25, -0.2) is 0 Å². The minimum atomic E-state index is -0.587. The Bertz CT molecular complexity index is 251. The lowest BCUT2D eigenvalue weighted by atomic mass is 10.1. The van der Waals surface area contributed by atoms with Crippen molar-refractivity contribution < 1.29 is 9.84 Å². The van der Waals surface area contributed by atoms with Crippen molar-refractivity contribution in [2.45, 2.75) is 6.10 Å². The van der Waals surface area contributed by atoms with E-state index in [1.54, 1.807) is 7.11 Å². The van der Waals surface area contributed by atoms with E-state index in [-0.39, 0.29) is 0 Å². The van der Waals surface area contributed by atoms with E-state index >= 15 is 0 Å². The van der Waals surface area contributed by atoms with Gasteiger partial charge >= 0.3 is 0 Å². The molecule has 0 aliphatic rings. The van der Waals surface area contributed by atoms with E-state index in [1.807, 2.05) is 24.3 Å². The van der Waals surface area contributed by atoms with Crippen LogP contribution in [0.2, 0.25) is 0 Å². The summed E-state index contributed by atoms with van der Waals surface area (Å²) in [5, 5.41) is 9.33. The molecule has 1 atom stereocenters. The van der Waals surface area contributed by atoms with Gasteiger partial charge in [-0.2, -0.15) is 0 Å². The van der Waals surface area contributed by atoms with Crippen molar-refractivity contribution in [3.05, 3.63) is 42.5 Å². The molecule has 0 unspecified atom stereocenters. The molecule has 1 aromatic rings. The predicted molar refractivity (Wildman–Crippen MR) is 48.2 cm³/mol. The summed E-state index contributed by atoms with van der Waals surface area (Å²) >= 11 is 0. The Morgan fingerprint density at radius 3 is 2.42 bits per heavy atom. The summed E-state index contributed by atoms with van der Waals surface area (Å²) in [7, 11) is 1.61. The molecular weight excluding hydrogens is 152 g/mol. The molecule has 0 fully saturated rings. The Balaban J connectivity index is 2.84. The summed E-state index contributed by atoms with van der Waals surface area (Å²) in [5.74, 6) is 0.787. The molecule has 0 saturated carbocycles. The number of ether oxygens (including phenoxy) is 1. The summed E-state index contributed by atoms with van der Waals surface area (Å²) in [6.45, 7) is 3.50. The van der Waals surface area contributed by atoms with Crippen LogP contribution in [-0.2, 0) is 0 Å². The van der Waals surface area contributed by atoms with Crippen LogP contribution >= 0.6 is 0 Å². The van der Waals surface area contributed by atoms with E-state index in [4.69, 9.17) is 4.74 Å². The van der Waals surface area contributed by atoms with Gasteiger partial charge in [0.05, 0.1) is 13.2 Å². The average molecular weight is 164 g/mol. The summed E-state index contributed by atoms with van der Waals surface area (Å²) < 4.78 is 4.98. The zero-order valence-corrected chi connectivity index (χ0v) is 7.03. The third-order valence-corrected chi connectivity index (χ3v) is 1.68. The quantitative estimate of drug-likeness (QED) is 0.691. The summed E-state index contributed by atoms with van der Waals surface area (Å²) in [4.78, 5) is 0. The standard InChI is InChI=1S/C10H12O2/c1-3-10(11)8-4-6-9(12-2)7-5-8/h3-7,10-11H,1H2,2H3/t10-/m1/s1. The summed E-state index contributed by atoms with van der Waals surface area (Å²) in [6.07, 6.45) is 0.901. The van der Waals surface area contributed by atoms with Crippen molar-refractivity contribution in [1.82, 2.24) is 0 Å². The molecule has 0 heterocycles. The molecular formula is C10H12O2. The Morgan fingerprint density at radius 2 is 2.00 bits per heavy atom. The number of hydrogen-bond donors (Lipinski definition) is 1. The molecule has 0 spiro atoms. The number of rotatable bonds is 3. The van der Waals surface area contributed by atoms with Crippen LogP contribution < -0.4 is 4.74 Å². The fraction of sp³-hybridized carbons (Fsp3) is 0.200. The predicted octanol–water partition coefficient (Wildman–Crippen LogP) is 1.91. The van der Waals surface area contributed by atoms with Crippen LogP contribution in [0.3, 0.4) is 0 Å². The van der Waals surface area contributed by atoms with Gasteiger partial charge in [0.1, 0.15) is 5.75 Å². The van der Waals surface area contributed by atoms with E-state index in [0.717, 1.165) is 11.3 Å². The van der Waals surface area contributed by atoms with Crippen molar-refractivity contribution in [1.29, 1.82) is 0 Å². The largest absolute Gasteiger partial charge is 0.497 e. The zero-order valence-electron chi connectivity index (χ0n) is 7.03. The second kappa shape index (κ2) is 3.93. The van der Waals surface area contributed by atoms with Gasteiger partial charge in [0.2, 0.25) is 0 Å². The fourth-order valence-electron chi connectivity index (χ4n) is 0.937. The third-order valence-electron chi connectivity index (χ3n) is 1.68. The minimum absolute atomic E-state index is 0.587. The number of aliphatic hydroxyl groups is 1. The molecule has 0 aromatic heterocycles. The Hall–Kier alpha value is -1.28. The van der Waals surface area contributed by atoms with Crippen molar-refractivity contribution in [2.75, 3.05) is 7.11 Å². The van der Waals surface area contributed by atoms with E-state index in [9.17, 15) is 5.11 Å². The third kappa shape index (κ3) is 1.86. The van der Waals surface area contributed by atoms with Crippen LogP contribution in [0.5, 0.6) is 5.75 Å². The van der Waals surface area contributed by atoms with Crippen LogP contribution in [0.25, 0.3) is 0 Å². The summed E-state index contributed by atoms with van der Waals surface area (Å²) in [5.41, 5.74) is 0.825. The number of hydrogen-bond acceptors (Lipinski definition) is 2. The first-order chi connectivity index (χ1) is 5.77. The van der Waals surface area contributed by atoms with E-state index in [0.29, 0.717) is 0 Å². The Morgan fingerprint density at radius 1 is 1.42 bits per heavy atom. The lowest BCUT2D eigenvalue weighted by molar-refractivity contribution is 0.229.